The summed E-state index contributed by atoms with van der Waals surface area (Å²) in [4.78, 5) is 3.72. The molecule has 0 saturated heterocycles. The number of aliphatic imine (C=N–C) groups is 1. The van der Waals surface area contributed by atoms with E-state index < -0.39 is 23.3 Å². The molecule has 0 fully saturated rings. The molecule has 0 atom stereocenters. The summed E-state index contributed by atoms with van der Waals surface area (Å²) < 4.78 is 51.6. The molecule has 5 heteroatoms. The molecule has 18 heavy (non-hydrogen) atoms. The van der Waals surface area contributed by atoms with Gasteiger partial charge in [0, 0.05) is 23.9 Å². The van der Waals surface area contributed by atoms with Crippen molar-refractivity contribution < 1.29 is 17.6 Å². The van der Waals surface area contributed by atoms with Gasteiger partial charge in [-0.2, -0.15) is 0 Å². The lowest BCUT2D eigenvalue weighted by molar-refractivity contribution is 0.582. The summed E-state index contributed by atoms with van der Waals surface area (Å²) in [5.41, 5.74) is 0.0392. The normalized spacial score (nSPS) is 11.1. The third-order valence-corrected chi connectivity index (χ3v) is 2.16. The van der Waals surface area contributed by atoms with Gasteiger partial charge in [0.2, 0.25) is 0 Å². The van der Waals surface area contributed by atoms with Gasteiger partial charge in [-0.1, -0.05) is 0 Å². The third-order valence-electron chi connectivity index (χ3n) is 2.16. The maximum absolute atomic E-state index is 13.2. The first-order valence-electron chi connectivity index (χ1n) is 5.00. The second-order valence-electron chi connectivity index (χ2n) is 3.55. The second-order valence-corrected chi connectivity index (χ2v) is 3.55. The summed E-state index contributed by atoms with van der Waals surface area (Å²) in [6.07, 6.45) is 1.07. The van der Waals surface area contributed by atoms with Gasteiger partial charge < -0.3 is 0 Å². The van der Waals surface area contributed by atoms with Crippen LogP contribution in [0.5, 0.6) is 0 Å². The Hall–Kier alpha value is -2.17. The highest BCUT2D eigenvalue weighted by atomic mass is 19.1. The minimum atomic E-state index is -0.796. The van der Waals surface area contributed by atoms with Gasteiger partial charge >= 0.3 is 0 Å². The Morgan fingerprint density at radius 1 is 0.778 bits per heavy atom. The molecular weight excluding hydrogens is 246 g/mol. The highest BCUT2D eigenvalue weighted by Crippen LogP contribution is 2.16. The summed E-state index contributed by atoms with van der Waals surface area (Å²) in [5, 5.41) is 0. The van der Waals surface area contributed by atoms with E-state index in [1.165, 1.54) is 6.07 Å². The number of hydrogen-bond donors (Lipinski definition) is 0. The maximum Gasteiger partial charge on any atom is 0.134 e. The molecule has 0 saturated carbocycles. The summed E-state index contributed by atoms with van der Waals surface area (Å²) in [6, 6.07) is 5.66. The zero-order chi connectivity index (χ0) is 13.1. The zero-order valence-corrected chi connectivity index (χ0v) is 9.00. The first-order valence-corrected chi connectivity index (χ1v) is 5.00. The van der Waals surface area contributed by atoms with Crippen molar-refractivity contribution in [3.63, 3.8) is 0 Å². The van der Waals surface area contributed by atoms with Crippen molar-refractivity contribution in [2.24, 2.45) is 4.99 Å². The molecule has 0 heterocycles. The fourth-order valence-corrected chi connectivity index (χ4v) is 1.36. The van der Waals surface area contributed by atoms with Crippen molar-refractivity contribution in [2.75, 3.05) is 0 Å². The standard InChI is InChI=1S/C13H7F4N/c14-9-2-1-8(13(17)6-9)7-18-12-4-10(15)3-11(16)5-12/h1-7H. The molecule has 0 aliphatic carbocycles. The molecule has 0 aliphatic rings. The van der Waals surface area contributed by atoms with Gasteiger partial charge in [0.1, 0.15) is 23.3 Å². The van der Waals surface area contributed by atoms with Gasteiger partial charge in [0.25, 0.3) is 0 Å². The van der Waals surface area contributed by atoms with Gasteiger partial charge in [-0.25, -0.2) is 17.6 Å². The van der Waals surface area contributed by atoms with Crippen LogP contribution in [0.15, 0.2) is 41.4 Å². The molecular formula is C13H7F4N. The molecule has 0 radical (unpaired) electrons. The minimum absolute atomic E-state index is 0.0104. The number of rotatable bonds is 2. The Morgan fingerprint density at radius 2 is 1.44 bits per heavy atom. The van der Waals surface area contributed by atoms with Gasteiger partial charge in [0.05, 0.1) is 5.69 Å². The minimum Gasteiger partial charge on any atom is -0.256 e. The van der Waals surface area contributed by atoms with E-state index in [9.17, 15) is 17.6 Å². The molecule has 0 amide bonds. The van der Waals surface area contributed by atoms with E-state index in [4.69, 9.17) is 0 Å². The van der Waals surface area contributed by atoms with Gasteiger partial charge in [-0.05, 0) is 24.3 Å². The summed E-state index contributed by atoms with van der Waals surface area (Å²) in [7, 11) is 0. The third kappa shape index (κ3) is 2.94. The molecule has 0 bridgehead atoms. The van der Waals surface area contributed by atoms with Crippen LogP contribution in [0.4, 0.5) is 23.2 Å². The largest absolute Gasteiger partial charge is 0.256 e. The smallest absolute Gasteiger partial charge is 0.134 e. The van der Waals surface area contributed by atoms with Crippen molar-refractivity contribution in [3.8, 4) is 0 Å². The number of halogens is 4. The highest BCUT2D eigenvalue weighted by Gasteiger charge is 2.02. The molecule has 0 spiro atoms. The van der Waals surface area contributed by atoms with Crippen LogP contribution in [0.1, 0.15) is 5.56 Å². The Balaban J connectivity index is 2.29. The fraction of sp³-hybridized carbons (Fsp3) is 0. The molecule has 1 nitrogen and oxygen atoms in total. The first kappa shape index (κ1) is 12.3. The lowest BCUT2D eigenvalue weighted by Gasteiger charge is -1.97. The Morgan fingerprint density at radius 3 is 2.06 bits per heavy atom. The van der Waals surface area contributed by atoms with Crippen LogP contribution in [0, 0.1) is 23.3 Å². The molecule has 0 aliphatic heterocycles. The van der Waals surface area contributed by atoms with Gasteiger partial charge in [-0.15, -0.1) is 0 Å². The summed E-state index contributed by atoms with van der Waals surface area (Å²) >= 11 is 0. The monoisotopic (exact) mass is 253 g/mol. The van der Waals surface area contributed by atoms with Crippen molar-refractivity contribution in [1.29, 1.82) is 0 Å². The lowest BCUT2D eigenvalue weighted by atomic mass is 10.2. The fourth-order valence-electron chi connectivity index (χ4n) is 1.36. The van der Waals surface area contributed by atoms with Crippen LogP contribution in [0.2, 0.25) is 0 Å². The summed E-state index contributed by atoms with van der Waals surface area (Å²) in [5.74, 6) is -3.06. The van der Waals surface area contributed by atoms with Crippen LogP contribution in [0.3, 0.4) is 0 Å². The van der Waals surface area contributed by atoms with Crippen molar-refractivity contribution in [1.82, 2.24) is 0 Å². The van der Waals surface area contributed by atoms with E-state index in [-0.39, 0.29) is 11.3 Å². The predicted molar refractivity (Wildman–Crippen MR) is 60.0 cm³/mol. The van der Waals surface area contributed by atoms with E-state index in [1.54, 1.807) is 0 Å². The average Bonchev–Trinajstić information content (AvgIpc) is 2.26. The van der Waals surface area contributed by atoms with Crippen LogP contribution in [0.25, 0.3) is 0 Å². The highest BCUT2D eigenvalue weighted by molar-refractivity contribution is 5.82. The molecule has 0 aromatic heterocycles. The topological polar surface area (TPSA) is 12.4 Å². The molecule has 2 aromatic rings. The summed E-state index contributed by atoms with van der Waals surface area (Å²) in [6.45, 7) is 0. The van der Waals surface area contributed by atoms with E-state index in [0.29, 0.717) is 12.1 Å². The quantitative estimate of drug-likeness (QED) is 0.566. The first-order chi connectivity index (χ1) is 8.54. The van der Waals surface area contributed by atoms with Crippen molar-refractivity contribution in [3.05, 3.63) is 65.2 Å². The van der Waals surface area contributed by atoms with Crippen molar-refractivity contribution >= 4 is 11.9 Å². The number of benzene rings is 2. The molecule has 0 unspecified atom stereocenters. The van der Waals surface area contributed by atoms with E-state index in [1.807, 2.05) is 0 Å². The van der Waals surface area contributed by atoms with Crippen LogP contribution < -0.4 is 0 Å². The van der Waals surface area contributed by atoms with E-state index in [0.717, 1.165) is 24.4 Å². The number of hydrogen-bond acceptors (Lipinski definition) is 1. The van der Waals surface area contributed by atoms with Crippen LogP contribution >= 0.6 is 0 Å². The molecule has 2 rings (SSSR count). The Labute approximate surface area is 100 Å². The maximum atomic E-state index is 13.2. The zero-order valence-electron chi connectivity index (χ0n) is 9.00. The Kier molecular flexibility index (Phi) is 3.41. The Bertz CT molecular complexity index is 588. The SMILES string of the molecule is Fc1cc(F)cc(N=Cc2ccc(F)cc2F)c1. The molecule has 0 N–H and O–H groups in total. The predicted octanol–water partition coefficient (Wildman–Crippen LogP) is 3.99. The molecule has 92 valence electrons. The van der Waals surface area contributed by atoms with Crippen LogP contribution in [-0.4, -0.2) is 6.21 Å². The van der Waals surface area contributed by atoms with Crippen molar-refractivity contribution in [2.45, 2.75) is 0 Å². The van der Waals surface area contributed by atoms with E-state index in [2.05, 4.69) is 4.99 Å². The average molecular weight is 253 g/mol. The van der Waals surface area contributed by atoms with Crippen LogP contribution in [-0.2, 0) is 0 Å². The van der Waals surface area contributed by atoms with Gasteiger partial charge in [0.15, 0.2) is 0 Å². The number of nitrogens with zero attached hydrogens (tertiary/aromatic N) is 1. The second kappa shape index (κ2) is 5.00. The van der Waals surface area contributed by atoms with Gasteiger partial charge in [-0.3, -0.25) is 4.99 Å². The van der Waals surface area contributed by atoms with E-state index >= 15 is 0 Å². The lowest BCUT2D eigenvalue weighted by Crippen LogP contribution is -1.89. The molecule has 2 aromatic carbocycles.